The number of hydrogen-bond acceptors (Lipinski definition) is 1. The van der Waals surface area contributed by atoms with E-state index in [1.807, 2.05) is 0 Å². The van der Waals surface area contributed by atoms with Gasteiger partial charge in [0.2, 0.25) is 0 Å². The van der Waals surface area contributed by atoms with E-state index in [1.165, 1.54) is 0 Å². The van der Waals surface area contributed by atoms with Gasteiger partial charge in [0.25, 0.3) is 0 Å². The molecule has 0 aliphatic carbocycles. The fraction of sp³-hybridized carbons (Fsp3) is 0.833. The van der Waals surface area contributed by atoms with Gasteiger partial charge in [-0.1, -0.05) is 41.7 Å². The first-order chi connectivity index (χ1) is 4.87. The molecule has 1 N–H and O–H groups in total. The van der Waals surface area contributed by atoms with Crippen LogP contribution in [0.2, 0.25) is 0 Å². The van der Waals surface area contributed by atoms with Gasteiger partial charge in [0.05, 0.1) is 5.92 Å². The van der Waals surface area contributed by atoms with Crippen molar-refractivity contribution in [2.75, 3.05) is 0 Å². The monoisotopic (exact) mass is 218 g/mol. The summed E-state index contributed by atoms with van der Waals surface area (Å²) in [7, 11) is 0. The van der Waals surface area contributed by atoms with Gasteiger partial charge >= 0.3 is 5.97 Å². The molecule has 0 fully saturated rings. The number of alkyl halides is 3. The van der Waals surface area contributed by atoms with Gasteiger partial charge in [0, 0.05) is 6.42 Å². The molecule has 0 heterocycles. The molecule has 0 spiro atoms. The summed E-state index contributed by atoms with van der Waals surface area (Å²) in [5, 5.41) is 8.56. The van der Waals surface area contributed by atoms with Crippen molar-refractivity contribution >= 4 is 40.8 Å². The highest BCUT2D eigenvalue weighted by molar-refractivity contribution is 6.67. The molecule has 0 bridgehead atoms. The van der Waals surface area contributed by atoms with E-state index in [0.717, 1.165) is 0 Å². The molecule has 1 atom stereocenters. The van der Waals surface area contributed by atoms with Crippen molar-refractivity contribution in [3.05, 3.63) is 0 Å². The van der Waals surface area contributed by atoms with Crippen LogP contribution in [0, 0.1) is 5.92 Å². The Morgan fingerprint density at radius 3 is 2.09 bits per heavy atom. The highest BCUT2D eigenvalue weighted by atomic mass is 35.6. The van der Waals surface area contributed by atoms with Gasteiger partial charge in [-0.25, -0.2) is 0 Å². The lowest BCUT2D eigenvalue weighted by Crippen LogP contribution is -2.19. The van der Waals surface area contributed by atoms with E-state index in [9.17, 15) is 4.79 Å². The Hall–Kier alpha value is 0.340. The number of aliphatic carboxylic acids is 1. The van der Waals surface area contributed by atoms with Crippen LogP contribution in [0.1, 0.15) is 19.8 Å². The molecule has 0 saturated carbocycles. The average molecular weight is 219 g/mol. The zero-order chi connectivity index (χ0) is 9.07. The summed E-state index contributed by atoms with van der Waals surface area (Å²) in [5.41, 5.74) is 0. The number of carboxylic acids is 1. The van der Waals surface area contributed by atoms with Crippen molar-refractivity contribution in [3.8, 4) is 0 Å². The summed E-state index contributed by atoms with van der Waals surface area (Å²) in [4.78, 5) is 10.4. The van der Waals surface area contributed by atoms with Crippen LogP contribution in [0.25, 0.3) is 0 Å². The summed E-state index contributed by atoms with van der Waals surface area (Å²) in [6.07, 6.45) is 0.534. The first kappa shape index (κ1) is 11.3. The molecule has 0 radical (unpaired) electrons. The molecule has 0 amide bonds. The second-order valence-electron chi connectivity index (χ2n) is 2.26. The minimum atomic E-state index is -1.46. The Morgan fingerprint density at radius 1 is 1.55 bits per heavy atom. The summed E-state index contributed by atoms with van der Waals surface area (Å²) < 4.78 is -1.46. The fourth-order valence-corrected chi connectivity index (χ4v) is 1.24. The quantitative estimate of drug-likeness (QED) is 0.741. The number of hydrogen-bond donors (Lipinski definition) is 1. The lowest BCUT2D eigenvalue weighted by Gasteiger charge is -2.15. The van der Waals surface area contributed by atoms with Crippen molar-refractivity contribution in [2.45, 2.75) is 23.6 Å². The van der Waals surface area contributed by atoms with E-state index < -0.39 is 15.7 Å². The Kier molecular flexibility index (Phi) is 4.52. The molecule has 1 unspecified atom stereocenters. The van der Waals surface area contributed by atoms with Crippen LogP contribution in [-0.2, 0) is 4.79 Å². The highest BCUT2D eigenvalue weighted by Gasteiger charge is 2.28. The third kappa shape index (κ3) is 5.59. The summed E-state index contributed by atoms with van der Waals surface area (Å²) in [6.45, 7) is 1.75. The van der Waals surface area contributed by atoms with E-state index in [0.29, 0.717) is 6.42 Å². The third-order valence-electron chi connectivity index (χ3n) is 1.32. The lowest BCUT2D eigenvalue weighted by molar-refractivity contribution is -0.142. The number of carbonyl (C=O) groups is 1. The Balaban J connectivity index is 3.99. The molecule has 0 aromatic rings. The molecular formula is C6H9Cl3O2. The first-order valence-electron chi connectivity index (χ1n) is 3.16. The first-order valence-corrected chi connectivity index (χ1v) is 4.29. The van der Waals surface area contributed by atoms with Crippen molar-refractivity contribution in [1.82, 2.24) is 0 Å². The van der Waals surface area contributed by atoms with Crippen LogP contribution >= 0.6 is 34.8 Å². The fourth-order valence-electron chi connectivity index (χ4n) is 0.686. The summed E-state index contributed by atoms with van der Waals surface area (Å²) in [5.74, 6) is -1.48. The average Bonchev–Trinajstić information content (AvgIpc) is 1.80. The lowest BCUT2D eigenvalue weighted by atomic mass is 10.0. The molecule has 0 aromatic heterocycles. The largest absolute Gasteiger partial charge is 0.481 e. The Morgan fingerprint density at radius 2 is 2.00 bits per heavy atom. The highest BCUT2D eigenvalue weighted by Crippen LogP contribution is 2.34. The maximum absolute atomic E-state index is 10.4. The second-order valence-corrected chi connectivity index (χ2v) is 4.78. The summed E-state index contributed by atoms with van der Waals surface area (Å²) >= 11 is 16.3. The minimum absolute atomic E-state index is 0.0590. The van der Waals surface area contributed by atoms with E-state index in [-0.39, 0.29) is 6.42 Å². The molecule has 0 rings (SSSR count). The van der Waals surface area contributed by atoms with Crippen molar-refractivity contribution in [1.29, 1.82) is 0 Å². The van der Waals surface area contributed by atoms with Crippen LogP contribution in [0.5, 0.6) is 0 Å². The third-order valence-corrected chi connectivity index (χ3v) is 1.78. The van der Waals surface area contributed by atoms with Gasteiger partial charge in [-0.2, -0.15) is 0 Å². The van der Waals surface area contributed by atoms with Gasteiger partial charge < -0.3 is 5.11 Å². The molecule has 2 nitrogen and oxygen atoms in total. The minimum Gasteiger partial charge on any atom is -0.481 e. The van der Waals surface area contributed by atoms with Gasteiger partial charge in [-0.3, -0.25) is 4.79 Å². The molecule has 11 heavy (non-hydrogen) atoms. The SMILES string of the molecule is CCC(CC(Cl)(Cl)Cl)C(=O)O. The van der Waals surface area contributed by atoms with Gasteiger partial charge in [-0.15, -0.1) is 0 Å². The van der Waals surface area contributed by atoms with E-state index in [2.05, 4.69) is 0 Å². The standard InChI is InChI=1S/C6H9Cl3O2/c1-2-4(5(10)11)3-6(7,8)9/h4H,2-3H2,1H3,(H,10,11). The Bertz CT molecular complexity index is 141. The van der Waals surface area contributed by atoms with E-state index >= 15 is 0 Å². The smallest absolute Gasteiger partial charge is 0.306 e. The predicted molar refractivity (Wildman–Crippen MR) is 46.3 cm³/mol. The van der Waals surface area contributed by atoms with Crippen molar-refractivity contribution < 1.29 is 9.90 Å². The second kappa shape index (κ2) is 4.39. The molecule has 5 heteroatoms. The van der Waals surface area contributed by atoms with Crippen molar-refractivity contribution in [2.24, 2.45) is 5.92 Å². The van der Waals surface area contributed by atoms with Crippen LogP contribution in [-0.4, -0.2) is 14.9 Å². The van der Waals surface area contributed by atoms with Gasteiger partial charge in [0.15, 0.2) is 3.79 Å². The maximum atomic E-state index is 10.4. The molecule has 66 valence electrons. The molecule has 0 aliphatic heterocycles. The molecular weight excluding hydrogens is 210 g/mol. The van der Waals surface area contributed by atoms with Crippen LogP contribution in [0.3, 0.4) is 0 Å². The number of halogens is 3. The van der Waals surface area contributed by atoms with Crippen LogP contribution in [0.4, 0.5) is 0 Å². The van der Waals surface area contributed by atoms with Gasteiger partial charge in [-0.05, 0) is 6.42 Å². The normalized spacial score (nSPS) is 14.5. The predicted octanol–water partition coefficient (Wildman–Crippen LogP) is 2.86. The zero-order valence-electron chi connectivity index (χ0n) is 5.98. The molecule has 0 aliphatic rings. The molecule has 0 aromatic carbocycles. The van der Waals surface area contributed by atoms with Gasteiger partial charge in [0.1, 0.15) is 0 Å². The van der Waals surface area contributed by atoms with E-state index in [1.54, 1.807) is 6.92 Å². The van der Waals surface area contributed by atoms with Crippen LogP contribution in [0.15, 0.2) is 0 Å². The van der Waals surface area contributed by atoms with E-state index in [4.69, 9.17) is 39.9 Å². The zero-order valence-corrected chi connectivity index (χ0v) is 8.25. The number of carboxylic acid groups (broad SMARTS) is 1. The summed E-state index contributed by atoms with van der Waals surface area (Å²) in [6, 6.07) is 0. The number of rotatable bonds is 3. The van der Waals surface area contributed by atoms with Crippen LogP contribution < -0.4 is 0 Å². The Labute approximate surface area is 80.4 Å². The maximum Gasteiger partial charge on any atom is 0.306 e. The van der Waals surface area contributed by atoms with Crippen molar-refractivity contribution in [3.63, 3.8) is 0 Å². The molecule has 0 saturated heterocycles. The topological polar surface area (TPSA) is 37.3 Å².